The zero-order valence-electron chi connectivity index (χ0n) is 13.5. The van der Waals surface area contributed by atoms with Crippen molar-refractivity contribution in [1.29, 1.82) is 0 Å². The zero-order chi connectivity index (χ0) is 15.0. The number of hydrogen-bond acceptors (Lipinski definition) is 3. The zero-order valence-corrected chi connectivity index (χ0v) is 13.5. The van der Waals surface area contributed by atoms with E-state index in [0.717, 1.165) is 25.9 Å². The number of Topliss-reactive ketones (excluding diaryl/α,β-unsaturated/α-hetero) is 1. The van der Waals surface area contributed by atoms with E-state index < -0.39 is 0 Å². The highest BCUT2D eigenvalue weighted by Crippen LogP contribution is 2.36. The summed E-state index contributed by atoms with van der Waals surface area (Å²) in [4.78, 5) is 14.6. The van der Waals surface area contributed by atoms with E-state index in [2.05, 4.69) is 27.8 Å². The first-order chi connectivity index (χ1) is 10.0. The average molecular weight is 289 g/mol. The van der Waals surface area contributed by atoms with Crippen molar-refractivity contribution in [3.05, 3.63) is 18.0 Å². The quantitative estimate of drug-likeness (QED) is 0.855. The Bertz CT molecular complexity index is 494. The second-order valence-electron chi connectivity index (χ2n) is 7.14. The highest BCUT2D eigenvalue weighted by Gasteiger charge is 2.39. The Morgan fingerprint density at radius 2 is 1.90 bits per heavy atom. The first-order valence-corrected chi connectivity index (χ1v) is 8.33. The van der Waals surface area contributed by atoms with Crippen LogP contribution in [-0.4, -0.2) is 39.6 Å². The first-order valence-electron chi connectivity index (χ1n) is 8.33. The van der Waals surface area contributed by atoms with Crippen LogP contribution in [-0.2, 0) is 4.79 Å². The molecule has 3 rings (SSSR count). The smallest absolute Gasteiger partial charge is 0.138 e. The van der Waals surface area contributed by atoms with Gasteiger partial charge >= 0.3 is 0 Å². The van der Waals surface area contributed by atoms with Gasteiger partial charge in [-0.25, -0.2) is 0 Å². The maximum atomic E-state index is 12.0. The molecule has 0 unspecified atom stereocenters. The van der Waals surface area contributed by atoms with Gasteiger partial charge in [0.1, 0.15) is 5.78 Å². The Balaban J connectivity index is 1.46. The van der Waals surface area contributed by atoms with E-state index in [1.165, 1.54) is 18.4 Å². The maximum Gasteiger partial charge on any atom is 0.138 e. The molecular formula is C17H27N3O. The normalized spacial score (nSPS) is 27.8. The van der Waals surface area contributed by atoms with Crippen molar-refractivity contribution < 1.29 is 4.79 Å². The van der Waals surface area contributed by atoms with Crippen LogP contribution >= 0.6 is 0 Å². The van der Waals surface area contributed by atoms with Gasteiger partial charge in [-0.3, -0.25) is 9.48 Å². The summed E-state index contributed by atoms with van der Waals surface area (Å²) in [6.07, 6.45) is 8.63. The lowest BCUT2D eigenvalue weighted by Crippen LogP contribution is -2.50. The molecule has 1 aromatic heterocycles. The van der Waals surface area contributed by atoms with Gasteiger partial charge < -0.3 is 4.90 Å². The number of piperidine rings is 1. The standard InChI is InChI=1S/C17H27N3O/c1-12(2)17(21)14-8-16(9-14)19-6-4-15(5-7-19)20-11-13(3)10-18-20/h10-12,14-16H,4-9H2,1-3H3. The van der Waals surface area contributed by atoms with Crippen molar-refractivity contribution in [2.75, 3.05) is 13.1 Å². The van der Waals surface area contributed by atoms with E-state index in [4.69, 9.17) is 0 Å². The molecule has 0 bridgehead atoms. The Hall–Kier alpha value is -1.16. The van der Waals surface area contributed by atoms with Crippen LogP contribution in [0.5, 0.6) is 0 Å². The minimum atomic E-state index is 0.199. The van der Waals surface area contributed by atoms with Crippen molar-refractivity contribution in [2.24, 2.45) is 11.8 Å². The Morgan fingerprint density at radius 1 is 1.24 bits per heavy atom. The third kappa shape index (κ3) is 3.05. The highest BCUT2D eigenvalue weighted by molar-refractivity contribution is 5.83. The van der Waals surface area contributed by atoms with E-state index in [0.29, 0.717) is 23.8 Å². The number of rotatable bonds is 4. The molecule has 0 radical (unpaired) electrons. The number of likely N-dealkylation sites (tertiary alicyclic amines) is 1. The maximum absolute atomic E-state index is 12.0. The molecule has 2 aliphatic rings. The molecule has 21 heavy (non-hydrogen) atoms. The van der Waals surface area contributed by atoms with Crippen LogP contribution in [0.15, 0.2) is 12.4 Å². The molecule has 2 fully saturated rings. The lowest BCUT2D eigenvalue weighted by atomic mass is 9.73. The third-order valence-electron chi connectivity index (χ3n) is 5.20. The van der Waals surface area contributed by atoms with Crippen LogP contribution in [0.4, 0.5) is 0 Å². The van der Waals surface area contributed by atoms with Gasteiger partial charge in [-0.05, 0) is 38.2 Å². The first kappa shape index (κ1) is 14.8. The third-order valence-corrected chi connectivity index (χ3v) is 5.20. The molecule has 1 saturated carbocycles. The molecule has 1 saturated heterocycles. The number of aromatic nitrogens is 2. The molecule has 4 heteroatoms. The van der Waals surface area contributed by atoms with Crippen LogP contribution in [0, 0.1) is 18.8 Å². The van der Waals surface area contributed by atoms with Gasteiger partial charge in [0.15, 0.2) is 0 Å². The second-order valence-corrected chi connectivity index (χ2v) is 7.14. The molecule has 0 aromatic carbocycles. The average Bonchev–Trinajstić information content (AvgIpc) is 2.84. The van der Waals surface area contributed by atoms with E-state index in [1.54, 1.807) is 0 Å². The molecule has 0 amide bonds. The molecule has 0 N–H and O–H groups in total. The topological polar surface area (TPSA) is 38.1 Å². The van der Waals surface area contributed by atoms with Crippen molar-refractivity contribution in [1.82, 2.24) is 14.7 Å². The fourth-order valence-electron chi connectivity index (χ4n) is 3.74. The van der Waals surface area contributed by atoms with Gasteiger partial charge in [-0.2, -0.15) is 5.10 Å². The van der Waals surface area contributed by atoms with Crippen molar-refractivity contribution in [3.63, 3.8) is 0 Å². The van der Waals surface area contributed by atoms with Crippen LogP contribution < -0.4 is 0 Å². The van der Waals surface area contributed by atoms with Crippen LogP contribution in [0.1, 0.15) is 51.1 Å². The van der Waals surface area contributed by atoms with Crippen molar-refractivity contribution in [3.8, 4) is 0 Å². The fraction of sp³-hybridized carbons (Fsp3) is 0.765. The minimum absolute atomic E-state index is 0.199. The minimum Gasteiger partial charge on any atom is -0.300 e. The largest absolute Gasteiger partial charge is 0.300 e. The predicted octanol–water partition coefficient (Wildman–Crippen LogP) is 2.83. The Kier molecular flexibility index (Phi) is 4.16. The molecular weight excluding hydrogens is 262 g/mol. The predicted molar refractivity (Wildman–Crippen MR) is 83.2 cm³/mol. The fourth-order valence-corrected chi connectivity index (χ4v) is 3.74. The van der Waals surface area contributed by atoms with Crippen molar-refractivity contribution in [2.45, 2.75) is 58.5 Å². The number of carbonyl (C=O) groups is 1. The SMILES string of the molecule is Cc1cnn(C2CCN(C3CC(C(=O)C(C)C)C3)CC2)c1. The number of aryl methyl sites for hydroxylation is 1. The molecule has 4 nitrogen and oxygen atoms in total. The Labute approximate surface area is 127 Å². The monoisotopic (exact) mass is 289 g/mol. The molecule has 1 aliphatic carbocycles. The summed E-state index contributed by atoms with van der Waals surface area (Å²) < 4.78 is 2.14. The molecule has 1 aromatic rings. The van der Waals surface area contributed by atoms with Gasteiger partial charge in [0, 0.05) is 37.2 Å². The molecule has 1 aliphatic heterocycles. The summed E-state index contributed by atoms with van der Waals surface area (Å²) in [6, 6.07) is 1.21. The summed E-state index contributed by atoms with van der Waals surface area (Å²) in [5.41, 5.74) is 1.24. The highest BCUT2D eigenvalue weighted by atomic mass is 16.1. The van der Waals surface area contributed by atoms with Crippen LogP contribution in [0.25, 0.3) is 0 Å². The van der Waals surface area contributed by atoms with Crippen LogP contribution in [0.3, 0.4) is 0 Å². The Morgan fingerprint density at radius 3 is 2.43 bits per heavy atom. The summed E-state index contributed by atoms with van der Waals surface area (Å²) in [6.45, 7) is 8.44. The van der Waals surface area contributed by atoms with E-state index in [1.807, 2.05) is 20.0 Å². The lowest BCUT2D eigenvalue weighted by molar-refractivity contribution is -0.130. The molecule has 0 atom stereocenters. The van der Waals surface area contributed by atoms with E-state index >= 15 is 0 Å². The summed E-state index contributed by atoms with van der Waals surface area (Å²) >= 11 is 0. The van der Waals surface area contributed by atoms with Crippen molar-refractivity contribution >= 4 is 5.78 Å². The molecule has 0 spiro atoms. The second kappa shape index (κ2) is 5.91. The van der Waals surface area contributed by atoms with Gasteiger partial charge in [0.05, 0.1) is 12.2 Å². The lowest BCUT2D eigenvalue weighted by Gasteiger charge is -2.45. The van der Waals surface area contributed by atoms with Gasteiger partial charge in [-0.15, -0.1) is 0 Å². The summed E-state index contributed by atoms with van der Waals surface area (Å²) in [5.74, 6) is 0.999. The number of hydrogen-bond donors (Lipinski definition) is 0. The van der Waals surface area contributed by atoms with Crippen LogP contribution in [0.2, 0.25) is 0 Å². The number of carbonyl (C=O) groups excluding carboxylic acids is 1. The molecule has 2 heterocycles. The van der Waals surface area contributed by atoms with Gasteiger partial charge in [-0.1, -0.05) is 13.8 Å². The number of nitrogens with zero attached hydrogens (tertiary/aromatic N) is 3. The molecule has 116 valence electrons. The number of ketones is 1. The van der Waals surface area contributed by atoms with E-state index in [-0.39, 0.29) is 5.92 Å². The van der Waals surface area contributed by atoms with E-state index in [9.17, 15) is 4.79 Å². The van der Waals surface area contributed by atoms with Gasteiger partial charge in [0.25, 0.3) is 0 Å². The summed E-state index contributed by atoms with van der Waals surface area (Å²) in [5, 5.41) is 4.45. The van der Waals surface area contributed by atoms with Gasteiger partial charge in [0.2, 0.25) is 0 Å². The summed E-state index contributed by atoms with van der Waals surface area (Å²) in [7, 11) is 0.